The fourth-order valence-electron chi connectivity index (χ4n) is 4.12. The number of rotatable bonds is 3. The number of allylic oxidation sites excluding steroid dienone is 2. The molecule has 8 nitrogen and oxygen atoms in total. The van der Waals surface area contributed by atoms with Crippen LogP contribution in [-0.4, -0.2) is 40.1 Å². The number of nitrogens with two attached hydrogens (primary N) is 1. The molecule has 6 rings (SSSR count). The van der Waals surface area contributed by atoms with E-state index in [-0.39, 0.29) is 5.92 Å². The molecule has 1 aromatic heterocycles. The molecule has 0 bridgehead atoms. The van der Waals surface area contributed by atoms with E-state index in [4.69, 9.17) is 21.1 Å². The molecule has 1 atom stereocenters. The highest BCUT2D eigenvalue weighted by atomic mass is 15.1. The lowest BCUT2D eigenvalue weighted by Crippen LogP contribution is -2.32. The van der Waals surface area contributed by atoms with Gasteiger partial charge in [-0.2, -0.15) is 5.10 Å². The van der Waals surface area contributed by atoms with Gasteiger partial charge >= 0.3 is 0 Å². The summed E-state index contributed by atoms with van der Waals surface area (Å²) in [6.07, 6.45) is 8.59. The van der Waals surface area contributed by atoms with Crippen molar-refractivity contribution in [2.75, 3.05) is 5.73 Å². The number of nitrogen functional groups attached to an aromatic ring is 1. The number of dihydropyridines is 1. The van der Waals surface area contributed by atoms with Gasteiger partial charge in [-0.15, -0.1) is 0 Å². The maximum Gasteiger partial charge on any atom is 0.145 e. The molecular weight excluding hydrogens is 388 g/mol. The highest BCUT2D eigenvalue weighted by Gasteiger charge is 2.34. The van der Waals surface area contributed by atoms with Gasteiger partial charge in [0.1, 0.15) is 23.9 Å². The first-order chi connectivity index (χ1) is 15.2. The third-order valence-electron chi connectivity index (χ3n) is 5.63. The zero-order valence-electron chi connectivity index (χ0n) is 16.2. The van der Waals surface area contributed by atoms with Crippen LogP contribution < -0.4 is 5.73 Å². The van der Waals surface area contributed by atoms with E-state index < -0.39 is 0 Å². The van der Waals surface area contributed by atoms with Gasteiger partial charge in [0, 0.05) is 34.0 Å². The summed E-state index contributed by atoms with van der Waals surface area (Å²) in [6.45, 7) is 0. The van der Waals surface area contributed by atoms with Crippen molar-refractivity contribution in [1.82, 2.24) is 10.2 Å². The van der Waals surface area contributed by atoms with Crippen LogP contribution in [0.15, 0.2) is 80.3 Å². The molecule has 3 aliphatic heterocycles. The molecule has 8 heteroatoms. The van der Waals surface area contributed by atoms with E-state index in [1.54, 1.807) is 6.20 Å². The van der Waals surface area contributed by atoms with Gasteiger partial charge in [0.2, 0.25) is 0 Å². The number of nitrogens with zero attached hydrogens (tertiary/aromatic N) is 5. The van der Waals surface area contributed by atoms with Crippen LogP contribution in [0.1, 0.15) is 16.7 Å². The molecule has 0 amide bonds. The Balaban J connectivity index is 1.54. The molecule has 4 N–H and O–H groups in total. The quantitative estimate of drug-likeness (QED) is 0.457. The van der Waals surface area contributed by atoms with Crippen molar-refractivity contribution < 1.29 is 0 Å². The number of anilines is 1. The standard InChI is InChI=1S/C23H16N8/c24-9-12-3-1-5-15(20(12)25)17-7-14-8-18(16-6-2-4-13-10-28-31-21(13)16)30-23-19(14)22(29-17)26-11-27-23/h1-11,19,24H,25H2,(H,28,31)/t19-/m0/s1. The van der Waals surface area contributed by atoms with Crippen molar-refractivity contribution in [2.24, 2.45) is 25.9 Å². The Morgan fingerprint density at radius 2 is 1.87 bits per heavy atom. The van der Waals surface area contributed by atoms with Gasteiger partial charge in [-0.25, -0.2) is 20.0 Å². The van der Waals surface area contributed by atoms with Crippen LogP contribution in [0.25, 0.3) is 16.6 Å². The van der Waals surface area contributed by atoms with Gasteiger partial charge in [-0.3, -0.25) is 5.10 Å². The van der Waals surface area contributed by atoms with E-state index in [1.165, 1.54) is 12.6 Å². The number of hydrogen-bond donors (Lipinski definition) is 3. The minimum absolute atomic E-state index is 0.203. The van der Waals surface area contributed by atoms with E-state index in [0.29, 0.717) is 28.6 Å². The van der Waals surface area contributed by atoms with Crippen LogP contribution in [0.5, 0.6) is 0 Å². The van der Waals surface area contributed by atoms with E-state index in [0.717, 1.165) is 33.3 Å². The van der Waals surface area contributed by atoms with Gasteiger partial charge < -0.3 is 11.1 Å². The zero-order valence-corrected chi connectivity index (χ0v) is 16.2. The van der Waals surface area contributed by atoms with E-state index in [1.807, 2.05) is 48.6 Å². The first-order valence-corrected chi connectivity index (χ1v) is 9.75. The molecule has 4 heterocycles. The normalized spacial score (nSPS) is 19.1. The van der Waals surface area contributed by atoms with Crippen molar-refractivity contribution in [3.8, 4) is 0 Å². The van der Waals surface area contributed by atoms with Crippen LogP contribution in [0.4, 0.5) is 5.69 Å². The second-order valence-corrected chi connectivity index (χ2v) is 7.40. The molecule has 0 unspecified atom stereocenters. The zero-order chi connectivity index (χ0) is 20.9. The van der Waals surface area contributed by atoms with Crippen LogP contribution in [0.2, 0.25) is 0 Å². The number of amidine groups is 2. The van der Waals surface area contributed by atoms with Crippen molar-refractivity contribution >= 4 is 52.2 Å². The number of H-pyrrole nitrogens is 1. The molecule has 0 aliphatic carbocycles. The third kappa shape index (κ3) is 2.62. The largest absolute Gasteiger partial charge is 0.398 e. The molecule has 148 valence electrons. The predicted molar refractivity (Wildman–Crippen MR) is 124 cm³/mol. The van der Waals surface area contributed by atoms with E-state index >= 15 is 0 Å². The Bertz CT molecular complexity index is 1460. The van der Waals surface area contributed by atoms with Crippen LogP contribution in [-0.2, 0) is 0 Å². The molecule has 2 aromatic carbocycles. The Morgan fingerprint density at radius 3 is 2.77 bits per heavy atom. The van der Waals surface area contributed by atoms with Crippen molar-refractivity contribution in [1.29, 1.82) is 5.41 Å². The average Bonchev–Trinajstić information content (AvgIpc) is 3.28. The van der Waals surface area contributed by atoms with Crippen LogP contribution >= 0.6 is 0 Å². The number of aliphatic imine (C=N–C) groups is 4. The molecule has 0 saturated carbocycles. The van der Waals surface area contributed by atoms with Crippen LogP contribution in [0, 0.1) is 11.3 Å². The first-order valence-electron chi connectivity index (χ1n) is 9.75. The summed E-state index contributed by atoms with van der Waals surface area (Å²) in [5, 5.41) is 15.8. The molecule has 0 fully saturated rings. The minimum atomic E-state index is -0.203. The van der Waals surface area contributed by atoms with Crippen molar-refractivity contribution in [3.63, 3.8) is 0 Å². The summed E-state index contributed by atoms with van der Waals surface area (Å²) >= 11 is 0. The first kappa shape index (κ1) is 17.4. The number of hydrogen-bond acceptors (Lipinski definition) is 7. The average molecular weight is 404 g/mol. The Hall–Kier alpha value is -4.46. The lowest BCUT2D eigenvalue weighted by molar-refractivity contribution is 1.04. The molecule has 3 aliphatic rings. The Kier molecular flexibility index (Phi) is 3.66. The smallest absolute Gasteiger partial charge is 0.145 e. The summed E-state index contributed by atoms with van der Waals surface area (Å²) in [5.41, 5.74) is 12.6. The number of fused-ring (bicyclic) bond motifs is 1. The fourth-order valence-corrected chi connectivity index (χ4v) is 4.12. The Morgan fingerprint density at radius 1 is 1.00 bits per heavy atom. The van der Waals surface area contributed by atoms with Gasteiger partial charge in [0.15, 0.2) is 0 Å². The Labute approximate surface area is 176 Å². The third-order valence-corrected chi connectivity index (χ3v) is 5.63. The van der Waals surface area contributed by atoms with Crippen molar-refractivity contribution in [2.45, 2.75) is 0 Å². The van der Waals surface area contributed by atoms with E-state index in [9.17, 15) is 0 Å². The topological polar surface area (TPSA) is 128 Å². The summed E-state index contributed by atoms with van der Waals surface area (Å²) in [7, 11) is 0. The number of para-hydroxylation sites is 2. The molecule has 0 spiro atoms. The predicted octanol–water partition coefficient (Wildman–Crippen LogP) is 3.38. The van der Waals surface area contributed by atoms with Gasteiger partial charge in [-0.1, -0.05) is 36.4 Å². The second-order valence-electron chi connectivity index (χ2n) is 7.40. The monoisotopic (exact) mass is 404 g/mol. The molecule has 0 radical (unpaired) electrons. The summed E-state index contributed by atoms with van der Waals surface area (Å²) in [6, 6.07) is 11.6. The number of nitrogens with one attached hydrogen (secondary N) is 2. The maximum atomic E-state index is 7.59. The number of aromatic nitrogens is 2. The second kappa shape index (κ2) is 6.53. The SMILES string of the molecule is N=Cc1cccc(C2=CC3=CC(c4cccc5cn[nH]c45)=NC4=NC=NC(=N2)[C@H]34)c1N. The molecular formula is C23H16N8. The van der Waals surface area contributed by atoms with Crippen LogP contribution in [0.3, 0.4) is 0 Å². The molecule has 3 aromatic rings. The lowest BCUT2D eigenvalue weighted by atomic mass is 9.86. The van der Waals surface area contributed by atoms with Crippen molar-refractivity contribution in [3.05, 3.63) is 77.0 Å². The molecule has 31 heavy (non-hydrogen) atoms. The molecule has 0 saturated heterocycles. The number of aromatic amines is 1. The van der Waals surface area contributed by atoms with Gasteiger partial charge in [0.05, 0.1) is 23.1 Å². The summed E-state index contributed by atoms with van der Waals surface area (Å²) in [5.74, 6) is 1.09. The van der Waals surface area contributed by atoms with Gasteiger partial charge in [0.25, 0.3) is 0 Å². The summed E-state index contributed by atoms with van der Waals surface area (Å²) < 4.78 is 0. The van der Waals surface area contributed by atoms with E-state index in [2.05, 4.69) is 20.2 Å². The highest BCUT2D eigenvalue weighted by Crippen LogP contribution is 2.36. The van der Waals surface area contributed by atoms with Gasteiger partial charge in [-0.05, 0) is 17.7 Å². The number of benzene rings is 2. The fraction of sp³-hybridized carbons (Fsp3) is 0.0435. The maximum absolute atomic E-state index is 7.59. The lowest BCUT2D eigenvalue weighted by Gasteiger charge is -2.28. The minimum Gasteiger partial charge on any atom is -0.398 e. The summed E-state index contributed by atoms with van der Waals surface area (Å²) in [4.78, 5) is 18.4. The highest BCUT2D eigenvalue weighted by molar-refractivity contribution is 6.28.